The summed E-state index contributed by atoms with van der Waals surface area (Å²) in [4.78, 5) is 7.49. The van der Waals surface area contributed by atoms with Crippen LogP contribution in [0, 0.1) is 0 Å². The minimum absolute atomic E-state index is 0.132. The van der Waals surface area contributed by atoms with E-state index in [0.29, 0.717) is 12.5 Å². The molecule has 0 spiro atoms. The zero-order valence-electron chi connectivity index (χ0n) is 8.80. The molecular weight excluding hydrogens is 348 g/mol. The lowest BCUT2D eigenvalue weighted by Crippen LogP contribution is -2.29. The molecule has 17 heavy (non-hydrogen) atoms. The quantitative estimate of drug-likeness (QED) is 0.734. The molecule has 1 aliphatic rings. The molecule has 0 unspecified atom stereocenters. The van der Waals surface area contributed by atoms with Crippen molar-refractivity contribution in [3.05, 3.63) is 32.8 Å². The number of halogens is 2. The first-order valence-electron chi connectivity index (χ1n) is 5.18. The van der Waals surface area contributed by atoms with E-state index in [-0.39, 0.29) is 6.04 Å². The van der Waals surface area contributed by atoms with E-state index in [2.05, 4.69) is 53.2 Å². The molecular formula is C11H10Br2N4. The molecule has 1 aliphatic heterocycles. The second-order valence-corrected chi connectivity index (χ2v) is 5.67. The van der Waals surface area contributed by atoms with Crippen molar-refractivity contribution >= 4 is 48.7 Å². The highest BCUT2D eigenvalue weighted by molar-refractivity contribution is 9.10. The van der Waals surface area contributed by atoms with E-state index in [0.717, 1.165) is 14.6 Å². The molecule has 0 radical (unpaired) electrons. The average molecular weight is 358 g/mol. The molecule has 2 aromatic rings. The summed E-state index contributed by atoms with van der Waals surface area (Å²) in [6, 6.07) is 6.30. The van der Waals surface area contributed by atoms with Gasteiger partial charge in [-0.3, -0.25) is 4.99 Å². The second-order valence-electron chi connectivity index (χ2n) is 3.97. The molecule has 0 amide bonds. The van der Waals surface area contributed by atoms with E-state index in [4.69, 9.17) is 5.73 Å². The van der Waals surface area contributed by atoms with Crippen LogP contribution in [0.4, 0.5) is 0 Å². The van der Waals surface area contributed by atoms with Crippen LogP contribution < -0.4 is 11.1 Å². The molecule has 0 bridgehead atoms. The highest BCUT2D eigenvalue weighted by Crippen LogP contribution is 2.34. The van der Waals surface area contributed by atoms with Gasteiger partial charge in [0.2, 0.25) is 0 Å². The molecule has 3 rings (SSSR count). The number of nitrogens with one attached hydrogen (secondary N) is 2. The number of hydrogen-bond donors (Lipinski definition) is 3. The molecule has 0 aliphatic carbocycles. The number of benzene rings is 1. The fraction of sp³-hybridized carbons (Fsp3) is 0.182. The van der Waals surface area contributed by atoms with Gasteiger partial charge in [-0.15, -0.1) is 0 Å². The number of aromatic nitrogens is 1. The Morgan fingerprint density at radius 1 is 1.35 bits per heavy atom. The summed E-state index contributed by atoms with van der Waals surface area (Å²) >= 11 is 7.05. The third-order valence-corrected chi connectivity index (χ3v) is 3.99. The van der Waals surface area contributed by atoms with Crippen LogP contribution in [0.2, 0.25) is 0 Å². The number of hydrogen-bond acceptors (Lipinski definition) is 3. The van der Waals surface area contributed by atoms with E-state index in [1.807, 2.05) is 12.1 Å². The van der Waals surface area contributed by atoms with Gasteiger partial charge in [0.05, 0.1) is 17.2 Å². The van der Waals surface area contributed by atoms with Gasteiger partial charge in [-0.1, -0.05) is 15.9 Å². The largest absolute Gasteiger partial charge is 0.370 e. The molecule has 0 saturated heterocycles. The summed E-state index contributed by atoms with van der Waals surface area (Å²) in [5.74, 6) is 0.506. The number of H-pyrrole nitrogens is 1. The van der Waals surface area contributed by atoms with Crippen molar-refractivity contribution < 1.29 is 0 Å². The van der Waals surface area contributed by atoms with E-state index in [1.54, 1.807) is 0 Å². The number of aromatic amines is 1. The van der Waals surface area contributed by atoms with Crippen molar-refractivity contribution in [2.45, 2.75) is 6.04 Å². The Hall–Kier alpha value is -1.01. The highest BCUT2D eigenvalue weighted by atomic mass is 79.9. The topological polar surface area (TPSA) is 66.2 Å². The Labute approximate surface area is 115 Å². The predicted octanol–water partition coefficient (Wildman–Crippen LogP) is 2.65. The third kappa shape index (κ3) is 1.85. The average Bonchev–Trinajstić information content (AvgIpc) is 2.81. The smallest absolute Gasteiger partial charge is 0.189 e. The number of nitrogens with two attached hydrogens (primary N) is 1. The summed E-state index contributed by atoms with van der Waals surface area (Å²) in [6.07, 6.45) is 0. The van der Waals surface area contributed by atoms with Gasteiger partial charge in [0.1, 0.15) is 0 Å². The molecule has 1 aromatic heterocycles. The van der Waals surface area contributed by atoms with Crippen LogP contribution in [0.3, 0.4) is 0 Å². The molecule has 0 fully saturated rings. The van der Waals surface area contributed by atoms with Crippen molar-refractivity contribution in [1.82, 2.24) is 10.3 Å². The monoisotopic (exact) mass is 356 g/mol. The molecule has 0 saturated carbocycles. The fourth-order valence-electron chi connectivity index (χ4n) is 2.12. The third-order valence-electron chi connectivity index (χ3n) is 2.87. The fourth-order valence-corrected chi connectivity index (χ4v) is 3.18. The molecule has 4 nitrogen and oxygen atoms in total. The molecule has 6 heteroatoms. The number of rotatable bonds is 1. The summed E-state index contributed by atoms with van der Waals surface area (Å²) in [6.45, 7) is 0.671. The Bertz CT molecular complexity index is 617. The molecule has 1 atom stereocenters. The van der Waals surface area contributed by atoms with E-state index < -0.39 is 0 Å². The number of aliphatic imine (C=N–C) groups is 1. The van der Waals surface area contributed by atoms with E-state index in [1.165, 1.54) is 10.9 Å². The Morgan fingerprint density at radius 2 is 2.18 bits per heavy atom. The zero-order valence-corrected chi connectivity index (χ0v) is 12.0. The minimum atomic E-state index is 0.132. The number of nitrogens with zero attached hydrogens (tertiary/aromatic N) is 1. The standard InChI is InChI=1S/C11H10Br2N4/c12-5-1-2-7-6(3-5)9(10(13)16-7)8-4-15-11(14)17-8/h1-3,8,16H,4H2,(H3,14,15,17)/t8-/m1/s1. The van der Waals surface area contributed by atoms with Crippen LogP contribution in [0.1, 0.15) is 11.6 Å². The lowest BCUT2D eigenvalue weighted by Gasteiger charge is -2.10. The van der Waals surface area contributed by atoms with Gasteiger partial charge in [-0.2, -0.15) is 0 Å². The van der Waals surface area contributed by atoms with Gasteiger partial charge in [0.15, 0.2) is 5.96 Å². The van der Waals surface area contributed by atoms with E-state index in [9.17, 15) is 0 Å². The lowest BCUT2D eigenvalue weighted by atomic mass is 10.1. The zero-order chi connectivity index (χ0) is 12.0. The van der Waals surface area contributed by atoms with Gasteiger partial charge in [-0.05, 0) is 34.1 Å². The molecule has 1 aromatic carbocycles. The minimum Gasteiger partial charge on any atom is -0.370 e. The predicted molar refractivity (Wildman–Crippen MR) is 76.1 cm³/mol. The van der Waals surface area contributed by atoms with Crippen molar-refractivity contribution in [1.29, 1.82) is 0 Å². The molecule has 4 N–H and O–H groups in total. The maximum Gasteiger partial charge on any atom is 0.189 e. The Morgan fingerprint density at radius 3 is 2.88 bits per heavy atom. The van der Waals surface area contributed by atoms with Crippen LogP contribution in [-0.4, -0.2) is 17.5 Å². The Kier molecular flexibility index (Phi) is 2.63. The first-order chi connectivity index (χ1) is 8.15. The van der Waals surface area contributed by atoms with Crippen LogP contribution in [0.15, 0.2) is 32.3 Å². The summed E-state index contributed by atoms with van der Waals surface area (Å²) < 4.78 is 2.04. The number of fused-ring (bicyclic) bond motifs is 1. The van der Waals surface area contributed by atoms with Gasteiger partial charge < -0.3 is 16.0 Å². The van der Waals surface area contributed by atoms with Gasteiger partial charge in [-0.25, -0.2) is 0 Å². The van der Waals surface area contributed by atoms with Crippen molar-refractivity contribution in [3.8, 4) is 0 Å². The van der Waals surface area contributed by atoms with Crippen molar-refractivity contribution in [2.75, 3.05) is 6.54 Å². The molecule has 88 valence electrons. The van der Waals surface area contributed by atoms with Gasteiger partial charge in [0.25, 0.3) is 0 Å². The van der Waals surface area contributed by atoms with Crippen molar-refractivity contribution in [3.63, 3.8) is 0 Å². The van der Waals surface area contributed by atoms with Crippen LogP contribution >= 0.6 is 31.9 Å². The maximum atomic E-state index is 5.66. The summed E-state index contributed by atoms with van der Waals surface area (Å²) in [5, 5.41) is 4.35. The first kappa shape index (κ1) is 11.1. The van der Waals surface area contributed by atoms with Crippen LogP contribution in [0.25, 0.3) is 10.9 Å². The summed E-state index contributed by atoms with van der Waals surface area (Å²) in [7, 11) is 0. The Balaban J connectivity index is 2.15. The number of guanidine groups is 1. The normalized spacial score (nSPS) is 19.4. The van der Waals surface area contributed by atoms with Gasteiger partial charge >= 0.3 is 0 Å². The van der Waals surface area contributed by atoms with Crippen LogP contribution in [0.5, 0.6) is 0 Å². The van der Waals surface area contributed by atoms with Crippen molar-refractivity contribution in [2.24, 2.45) is 10.7 Å². The van der Waals surface area contributed by atoms with E-state index >= 15 is 0 Å². The second kappa shape index (κ2) is 4.03. The SMILES string of the molecule is NC1=NC[C@H](c2c(Br)[nH]c3ccc(Br)cc23)N1. The summed E-state index contributed by atoms with van der Waals surface area (Å²) in [5.41, 5.74) is 7.93. The molecule has 2 heterocycles. The van der Waals surface area contributed by atoms with Gasteiger partial charge in [0, 0.05) is 20.9 Å². The first-order valence-corrected chi connectivity index (χ1v) is 6.77. The lowest BCUT2D eigenvalue weighted by molar-refractivity contribution is 0.709. The maximum absolute atomic E-state index is 5.66. The highest BCUT2D eigenvalue weighted by Gasteiger charge is 2.23. The van der Waals surface area contributed by atoms with Crippen LogP contribution in [-0.2, 0) is 0 Å².